The van der Waals surface area contributed by atoms with Crippen LogP contribution >= 0.6 is 0 Å². The Kier molecular flexibility index (Phi) is 7.57. The van der Waals surface area contributed by atoms with Crippen LogP contribution in [0.3, 0.4) is 0 Å². The predicted molar refractivity (Wildman–Crippen MR) is 97.6 cm³/mol. The van der Waals surface area contributed by atoms with Gasteiger partial charge in [-0.1, -0.05) is 12.8 Å². The molecular formula is C20H34O8. The molecule has 4 saturated heterocycles. The topological polar surface area (TPSA) is 73.8 Å². The van der Waals surface area contributed by atoms with Gasteiger partial charge in [-0.3, -0.25) is 0 Å². The number of hydrogen-bond donors (Lipinski definition) is 0. The SMILES string of the molecule is C1CCOC2(CC1)OCC(COCCOCC1COC3(CCCCCO3)O1)O2. The van der Waals surface area contributed by atoms with E-state index in [0.29, 0.717) is 52.9 Å². The van der Waals surface area contributed by atoms with Crippen LogP contribution in [0.25, 0.3) is 0 Å². The average Bonchev–Trinajstić information content (AvgIpc) is 3.09. The van der Waals surface area contributed by atoms with Crippen molar-refractivity contribution in [1.82, 2.24) is 0 Å². The van der Waals surface area contributed by atoms with Gasteiger partial charge in [-0.05, 0) is 25.7 Å². The molecular weight excluding hydrogens is 368 g/mol. The van der Waals surface area contributed by atoms with Crippen molar-refractivity contribution in [2.75, 3.05) is 52.9 Å². The van der Waals surface area contributed by atoms with Crippen LogP contribution in [0, 0.1) is 0 Å². The van der Waals surface area contributed by atoms with E-state index in [0.717, 1.165) is 51.4 Å². The first kappa shape index (κ1) is 20.9. The second-order valence-corrected chi connectivity index (χ2v) is 7.94. The number of hydrogen-bond acceptors (Lipinski definition) is 8. The van der Waals surface area contributed by atoms with Gasteiger partial charge in [-0.15, -0.1) is 0 Å². The number of rotatable bonds is 7. The third-order valence-corrected chi connectivity index (χ3v) is 5.55. The molecule has 4 fully saturated rings. The summed E-state index contributed by atoms with van der Waals surface area (Å²) in [6, 6.07) is 0. The monoisotopic (exact) mass is 402 g/mol. The highest BCUT2D eigenvalue weighted by Gasteiger charge is 2.44. The van der Waals surface area contributed by atoms with E-state index < -0.39 is 11.9 Å². The van der Waals surface area contributed by atoms with Crippen LogP contribution in [0.5, 0.6) is 0 Å². The lowest BCUT2D eigenvalue weighted by Gasteiger charge is -2.25. The summed E-state index contributed by atoms with van der Waals surface area (Å²) in [5.41, 5.74) is 0. The minimum atomic E-state index is -0.836. The van der Waals surface area contributed by atoms with E-state index in [1.54, 1.807) is 0 Å². The van der Waals surface area contributed by atoms with Crippen LogP contribution in [-0.4, -0.2) is 77.0 Å². The molecule has 4 unspecified atom stereocenters. The van der Waals surface area contributed by atoms with Crippen molar-refractivity contribution in [3.05, 3.63) is 0 Å². The summed E-state index contributed by atoms with van der Waals surface area (Å²) in [5.74, 6) is -1.67. The maximum atomic E-state index is 5.97. The van der Waals surface area contributed by atoms with Crippen molar-refractivity contribution in [3.63, 3.8) is 0 Å². The Hall–Kier alpha value is -0.320. The van der Waals surface area contributed by atoms with Gasteiger partial charge in [0.05, 0.1) is 52.9 Å². The Morgan fingerprint density at radius 1 is 0.607 bits per heavy atom. The molecule has 0 amide bonds. The first-order valence-electron chi connectivity index (χ1n) is 10.8. The van der Waals surface area contributed by atoms with Crippen LogP contribution < -0.4 is 0 Å². The molecule has 4 aliphatic heterocycles. The summed E-state index contributed by atoms with van der Waals surface area (Å²) < 4.78 is 46.5. The average molecular weight is 402 g/mol. The molecule has 0 aromatic rings. The van der Waals surface area contributed by atoms with E-state index in [-0.39, 0.29) is 12.2 Å². The fourth-order valence-electron chi connectivity index (χ4n) is 4.05. The summed E-state index contributed by atoms with van der Waals surface area (Å²) in [7, 11) is 0. The summed E-state index contributed by atoms with van der Waals surface area (Å²) in [6.07, 6.45) is 8.01. The molecule has 0 aromatic heterocycles. The van der Waals surface area contributed by atoms with Crippen molar-refractivity contribution in [2.24, 2.45) is 0 Å². The van der Waals surface area contributed by atoms with E-state index >= 15 is 0 Å². The van der Waals surface area contributed by atoms with Gasteiger partial charge in [0.2, 0.25) is 0 Å². The van der Waals surface area contributed by atoms with Gasteiger partial charge >= 0.3 is 0 Å². The maximum absolute atomic E-state index is 5.97. The Balaban J connectivity index is 1.05. The standard InChI is InChI=1S/C20H34O8/c1-3-7-19(23-9-5-1)25-15-17(27-19)13-21-11-12-22-14-18-16-26-20(28-18)8-4-2-6-10-24-20/h17-18H,1-16H2. The van der Waals surface area contributed by atoms with Gasteiger partial charge in [0.1, 0.15) is 12.2 Å². The van der Waals surface area contributed by atoms with E-state index in [4.69, 9.17) is 37.9 Å². The van der Waals surface area contributed by atoms with Gasteiger partial charge < -0.3 is 37.9 Å². The molecule has 4 rings (SSSR count). The van der Waals surface area contributed by atoms with Gasteiger partial charge in [-0.25, -0.2) is 0 Å². The predicted octanol–water partition coefficient (Wildman–Crippen LogP) is 2.34. The molecule has 4 heterocycles. The smallest absolute Gasteiger partial charge is 0.283 e. The van der Waals surface area contributed by atoms with Gasteiger partial charge in [0.15, 0.2) is 0 Å². The van der Waals surface area contributed by atoms with Crippen molar-refractivity contribution in [2.45, 2.75) is 75.5 Å². The Morgan fingerprint density at radius 3 is 1.61 bits per heavy atom. The molecule has 2 spiro atoms. The first-order valence-corrected chi connectivity index (χ1v) is 10.8. The summed E-state index contributed by atoms with van der Waals surface area (Å²) in [6.45, 7) is 4.38. The molecule has 0 radical (unpaired) electrons. The minimum absolute atomic E-state index is 0.0862. The largest absolute Gasteiger partial charge is 0.376 e. The molecule has 0 N–H and O–H groups in total. The van der Waals surface area contributed by atoms with E-state index in [9.17, 15) is 0 Å². The van der Waals surface area contributed by atoms with Gasteiger partial charge in [0.25, 0.3) is 11.9 Å². The zero-order valence-corrected chi connectivity index (χ0v) is 16.7. The normalized spacial score (nSPS) is 39.4. The molecule has 0 aliphatic carbocycles. The van der Waals surface area contributed by atoms with Crippen molar-refractivity contribution in [1.29, 1.82) is 0 Å². The van der Waals surface area contributed by atoms with Crippen LogP contribution in [0.15, 0.2) is 0 Å². The lowest BCUT2D eigenvalue weighted by atomic mass is 10.2. The molecule has 4 atom stereocenters. The highest BCUT2D eigenvalue weighted by atomic mass is 16.9. The number of ether oxygens (including phenoxy) is 8. The molecule has 0 bridgehead atoms. The zero-order chi connectivity index (χ0) is 19.1. The molecule has 0 aromatic carbocycles. The minimum Gasteiger partial charge on any atom is -0.376 e. The third kappa shape index (κ3) is 5.64. The van der Waals surface area contributed by atoms with E-state index in [1.807, 2.05) is 0 Å². The second-order valence-electron chi connectivity index (χ2n) is 7.94. The molecule has 162 valence electrons. The Bertz CT molecular complexity index is 415. The van der Waals surface area contributed by atoms with Crippen molar-refractivity contribution < 1.29 is 37.9 Å². The van der Waals surface area contributed by atoms with Crippen LogP contribution in [0.2, 0.25) is 0 Å². The van der Waals surface area contributed by atoms with Crippen LogP contribution in [0.1, 0.15) is 51.4 Å². The summed E-state index contributed by atoms with van der Waals surface area (Å²) in [4.78, 5) is 0. The highest BCUT2D eigenvalue weighted by molar-refractivity contribution is 4.74. The maximum Gasteiger partial charge on any atom is 0.283 e. The fraction of sp³-hybridized carbons (Fsp3) is 1.00. The van der Waals surface area contributed by atoms with Crippen LogP contribution in [-0.2, 0) is 37.9 Å². The van der Waals surface area contributed by atoms with Gasteiger partial charge in [0, 0.05) is 12.8 Å². The zero-order valence-electron chi connectivity index (χ0n) is 16.7. The Labute approximate surface area is 167 Å². The van der Waals surface area contributed by atoms with Crippen molar-refractivity contribution in [3.8, 4) is 0 Å². The molecule has 8 nitrogen and oxygen atoms in total. The molecule has 8 heteroatoms. The lowest BCUT2D eigenvalue weighted by Crippen LogP contribution is -2.34. The molecule has 0 saturated carbocycles. The fourth-order valence-corrected chi connectivity index (χ4v) is 4.05. The lowest BCUT2D eigenvalue weighted by molar-refractivity contribution is -0.338. The quantitative estimate of drug-likeness (QED) is 0.601. The third-order valence-electron chi connectivity index (χ3n) is 5.55. The molecule has 28 heavy (non-hydrogen) atoms. The summed E-state index contributed by atoms with van der Waals surface area (Å²) >= 11 is 0. The van der Waals surface area contributed by atoms with E-state index in [1.165, 1.54) is 0 Å². The van der Waals surface area contributed by atoms with Crippen molar-refractivity contribution >= 4 is 0 Å². The van der Waals surface area contributed by atoms with E-state index in [2.05, 4.69) is 0 Å². The van der Waals surface area contributed by atoms with Crippen LogP contribution in [0.4, 0.5) is 0 Å². The Morgan fingerprint density at radius 2 is 1.11 bits per heavy atom. The second kappa shape index (κ2) is 10.1. The highest BCUT2D eigenvalue weighted by Crippen LogP contribution is 2.34. The van der Waals surface area contributed by atoms with Gasteiger partial charge in [-0.2, -0.15) is 0 Å². The first-order chi connectivity index (χ1) is 13.8. The molecule has 4 aliphatic rings. The summed E-state index contributed by atoms with van der Waals surface area (Å²) in [5, 5.41) is 0.